The number of nitrogens with zero attached hydrogens (tertiary/aromatic N) is 1. The van der Waals surface area contributed by atoms with Crippen LogP contribution in [0.3, 0.4) is 0 Å². The van der Waals surface area contributed by atoms with Gasteiger partial charge >= 0.3 is 5.97 Å². The second-order valence-corrected chi connectivity index (χ2v) is 7.39. The lowest BCUT2D eigenvalue weighted by molar-refractivity contribution is -0.154. The number of ether oxygens (including phenoxy) is 2. The average Bonchev–Trinajstić information content (AvgIpc) is 3.14. The van der Waals surface area contributed by atoms with Crippen LogP contribution in [0.4, 0.5) is 0 Å². The van der Waals surface area contributed by atoms with Gasteiger partial charge in [0.2, 0.25) is 0 Å². The molecule has 1 atom stereocenters. The van der Waals surface area contributed by atoms with Gasteiger partial charge < -0.3 is 14.8 Å². The summed E-state index contributed by atoms with van der Waals surface area (Å²) in [6.07, 6.45) is -0.157. The lowest BCUT2D eigenvalue weighted by atomic mass is 10.2. The summed E-state index contributed by atoms with van der Waals surface area (Å²) >= 11 is 1.57. The number of benzene rings is 2. The third-order valence-corrected chi connectivity index (χ3v) is 5.28. The SMILES string of the molecule is COc1ccc(CNC(=O)[C@@H](C)OC(=O)CCc2nc3ccccc3s2)cc1. The molecule has 0 unspecified atom stereocenters. The molecule has 1 heterocycles. The van der Waals surface area contributed by atoms with Gasteiger partial charge in [0.05, 0.1) is 28.8 Å². The maximum absolute atomic E-state index is 12.1. The van der Waals surface area contributed by atoms with Crippen LogP contribution in [0.15, 0.2) is 48.5 Å². The first-order valence-electron chi connectivity index (χ1n) is 8.99. The van der Waals surface area contributed by atoms with Crippen LogP contribution in [-0.4, -0.2) is 30.1 Å². The number of fused-ring (bicyclic) bond motifs is 1. The molecule has 1 aromatic heterocycles. The van der Waals surface area contributed by atoms with Crippen molar-refractivity contribution in [2.24, 2.45) is 0 Å². The third-order valence-electron chi connectivity index (χ3n) is 4.18. The van der Waals surface area contributed by atoms with E-state index in [0.717, 1.165) is 26.5 Å². The lowest BCUT2D eigenvalue weighted by Crippen LogP contribution is -2.35. The second kappa shape index (κ2) is 9.32. The quantitative estimate of drug-likeness (QED) is 0.588. The van der Waals surface area contributed by atoms with Crippen molar-refractivity contribution in [2.45, 2.75) is 32.4 Å². The minimum Gasteiger partial charge on any atom is -0.497 e. The number of rotatable bonds is 8. The monoisotopic (exact) mass is 398 g/mol. The summed E-state index contributed by atoms with van der Waals surface area (Å²) in [5.41, 5.74) is 1.87. The summed E-state index contributed by atoms with van der Waals surface area (Å²) in [6, 6.07) is 15.2. The summed E-state index contributed by atoms with van der Waals surface area (Å²) in [5.74, 6) is 0.0148. The Morgan fingerprint density at radius 3 is 2.61 bits per heavy atom. The standard InChI is InChI=1S/C21H22N2O4S/c1-14(21(25)22-13-15-7-9-16(26-2)10-8-15)27-20(24)12-11-19-23-17-5-3-4-6-18(17)28-19/h3-10,14H,11-13H2,1-2H3,(H,22,25)/t14-/m1/s1. The maximum atomic E-state index is 12.1. The Balaban J connectivity index is 1.42. The number of hydrogen-bond donors (Lipinski definition) is 1. The molecule has 0 radical (unpaired) electrons. The first-order chi connectivity index (χ1) is 13.5. The lowest BCUT2D eigenvalue weighted by Gasteiger charge is -2.13. The van der Waals surface area contributed by atoms with Crippen molar-refractivity contribution in [1.82, 2.24) is 10.3 Å². The van der Waals surface area contributed by atoms with E-state index in [1.807, 2.05) is 48.5 Å². The van der Waals surface area contributed by atoms with Crippen molar-refractivity contribution in [3.63, 3.8) is 0 Å². The molecule has 1 amide bonds. The fourth-order valence-corrected chi connectivity index (χ4v) is 3.59. The van der Waals surface area contributed by atoms with E-state index in [1.54, 1.807) is 25.4 Å². The van der Waals surface area contributed by atoms with Gasteiger partial charge in [0, 0.05) is 13.0 Å². The molecular weight excluding hydrogens is 376 g/mol. The number of esters is 1. The van der Waals surface area contributed by atoms with E-state index < -0.39 is 12.1 Å². The largest absolute Gasteiger partial charge is 0.497 e. The fraction of sp³-hybridized carbons (Fsp3) is 0.286. The van der Waals surface area contributed by atoms with Gasteiger partial charge in [-0.2, -0.15) is 0 Å². The molecule has 0 fully saturated rings. The van der Waals surface area contributed by atoms with E-state index in [-0.39, 0.29) is 12.3 Å². The zero-order chi connectivity index (χ0) is 19.9. The molecule has 7 heteroatoms. The Morgan fingerprint density at radius 1 is 1.14 bits per heavy atom. The molecule has 2 aromatic carbocycles. The Hall–Kier alpha value is -2.93. The summed E-state index contributed by atoms with van der Waals surface area (Å²) < 4.78 is 11.4. The molecule has 0 aliphatic carbocycles. The van der Waals surface area contributed by atoms with E-state index in [0.29, 0.717) is 13.0 Å². The van der Waals surface area contributed by atoms with E-state index in [1.165, 1.54) is 0 Å². The highest BCUT2D eigenvalue weighted by molar-refractivity contribution is 7.18. The van der Waals surface area contributed by atoms with Gasteiger partial charge in [-0.3, -0.25) is 9.59 Å². The van der Waals surface area contributed by atoms with Crippen LogP contribution in [0.5, 0.6) is 5.75 Å². The Morgan fingerprint density at radius 2 is 1.89 bits per heavy atom. The smallest absolute Gasteiger partial charge is 0.306 e. The number of thiazole rings is 1. The molecule has 0 saturated heterocycles. The molecule has 3 rings (SSSR count). The molecule has 146 valence electrons. The molecule has 0 bridgehead atoms. The van der Waals surface area contributed by atoms with Gasteiger partial charge in [0.25, 0.3) is 5.91 Å². The summed E-state index contributed by atoms with van der Waals surface area (Å²) in [4.78, 5) is 28.7. The van der Waals surface area contributed by atoms with Crippen LogP contribution in [-0.2, 0) is 27.3 Å². The Bertz CT molecular complexity index is 919. The molecule has 0 spiro atoms. The van der Waals surface area contributed by atoms with Crippen LogP contribution in [0.25, 0.3) is 10.2 Å². The van der Waals surface area contributed by atoms with Gasteiger partial charge in [-0.05, 0) is 36.8 Å². The average molecular weight is 398 g/mol. The zero-order valence-electron chi connectivity index (χ0n) is 15.8. The van der Waals surface area contributed by atoms with Gasteiger partial charge in [-0.15, -0.1) is 11.3 Å². The number of carbonyl (C=O) groups excluding carboxylic acids is 2. The molecule has 3 aromatic rings. The van der Waals surface area contributed by atoms with Crippen LogP contribution < -0.4 is 10.1 Å². The van der Waals surface area contributed by atoms with E-state index in [2.05, 4.69) is 10.3 Å². The summed E-state index contributed by atoms with van der Waals surface area (Å²) in [5, 5.41) is 3.65. The molecule has 1 N–H and O–H groups in total. The van der Waals surface area contributed by atoms with Gasteiger partial charge in [-0.1, -0.05) is 24.3 Å². The number of nitrogens with one attached hydrogen (secondary N) is 1. The fourth-order valence-electron chi connectivity index (χ4n) is 2.62. The molecule has 0 saturated carbocycles. The van der Waals surface area contributed by atoms with E-state index >= 15 is 0 Å². The number of para-hydroxylation sites is 1. The predicted molar refractivity (Wildman–Crippen MR) is 108 cm³/mol. The zero-order valence-corrected chi connectivity index (χ0v) is 16.6. The van der Waals surface area contributed by atoms with Crippen molar-refractivity contribution >= 4 is 33.4 Å². The van der Waals surface area contributed by atoms with Crippen LogP contribution in [0.1, 0.15) is 23.9 Å². The Kier molecular flexibility index (Phi) is 6.60. The van der Waals surface area contributed by atoms with Crippen LogP contribution >= 0.6 is 11.3 Å². The molecule has 0 aliphatic rings. The number of carbonyl (C=O) groups is 2. The summed E-state index contributed by atoms with van der Waals surface area (Å²) in [6.45, 7) is 1.93. The van der Waals surface area contributed by atoms with Crippen molar-refractivity contribution in [2.75, 3.05) is 7.11 Å². The first kappa shape index (κ1) is 19.8. The highest BCUT2D eigenvalue weighted by atomic mass is 32.1. The summed E-state index contributed by atoms with van der Waals surface area (Å²) in [7, 11) is 1.60. The van der Waals surface area contributed by atoms with Crippen molar-refractivity contribution < 1.29 is 19.1 Å². The normalized spacial score (nSPS) is 11.8. The minimum absolute atomic E-state index is 0.190. The first-order valence-corrected chi connectivity index (χ1v) is 9.81. The topological polar surface area (TPSA) is 77.5 Å². The minimum atomic E-state index is -0.846. The Labute approximate surface area is 167 Å². The predicted octanol–water partition coefficient (Wildman–Crippen LogP) is 3.49. The van der Waals surface area contributed by atoms with Gasteiger partial charge in [0.1, 0.15) is 5.75 Å². The van der Waals surface area contributed by atoms with Crippen molar-refractivity contribution in [3.8, 4) is 5.75 Å². The highest BCUT2D eigenvalue weighted by Gasteiger charge is 2.18. The van der Waals surface area contributed by atoms with Crippen LogP contribution in [0, 0.1) is 0 Å². The molecular formula is C21H22N2O4S. The number of aromatic nitrogens is 1. The molecule has 6 nitrogen and oxygen atoms in total. The number of methoxy groups -OCH3 is 1. The van der Waals surface area contributed by atoms with Gasteiger partial charge in [0.15, 0.2) is 6.10 Å². The third kappa shape index (κ3) is 5.29. The molecule has 28 heavy (non-hydrogen) atoms. The van der Waals surface area contributed by atoms with Gasteiger partial charge in [-0.25, -0.2) is 4.98 Å². The second-order valence-electron chi connectivity index (χ2n) is 6.27. The van der Waals surface area contributed by atoms with Crippen molar-refractivity contribution in [3.05, 3.63) is 59.1 Å². The number of hydrogen-bond acceptors (Lipinski definition) is 6. The number of aryl methyl sites for hydroxylation is 1. The highest BCUT2D eigenvalue weighted by Crippen LogP contribution is 2.22. The van der Waals surface area contributed by atoms with Crippen LogP contribution in [0.2, 0.25) is 0 Å². The maximum Gasteiger partial charge on any atom is 0.306 e. The van der Waals surface area contributed by atoms with E-state index in [4.69, 9.17) is 9.47 Å². The van der Waals surface area contributed by atoms with E-state index in [9.17, 15) is 9.59 Å². The number of amides is 1. The molecule has 0 aliphatic heterocycles. The van der Waals surface area contributed by atoms with Crippen molar-refractivity contribution in [1.29, 1.82) is 0 Å².